The zero-order valence-corrected chi connectivity index (χ0v) is 15.7. The van der Waals surface area contributed by atoms with Gasteiger partial charge in [0.25, 0.3) is 5.91 Å². The molecule has 3 fully saturated rings. The molecule has 5 N–H and O–H groups in total. The number of carbonyl (C=O) groups excluding carboxylic acids is 1. The lowest BCUT2D eigenvalue weighted by atomic mass is 9.43. The third-order valence-electron chi connectivity index (χ3n) is 8.18. The second kappa shape index (κ2) is 5.71. The summed E-state index contributed by atoms with van der Waals surface area (Å²) in [5.41, 5.74) is 5.68. The van der Waals surface area contributed by atoms with Crippen LogP contribution in [0.1, 0.15) is 72.9 Å². The van der Waals surface area contributed by atoms with Crippen LogP contribution in [0.3, 0.4) is 0 Å². The predicted octanol–water partition coefficient (Wildman–Crippen LogP) is 2.39. The van der Waals surface area contributed by atoms with Gasteiger partial charge in [0.05, 0.1) is 17.3 Å². The third kappa shape index (κ3) is 2.34. The lowest BCUT2D eigenvalue weighted by Gasteiger charge is -2.63. The van der Waals surface area contributed by atoms with Gasteiger partial charge in [-0.3, -0.25) is 4.79 Å². The summed E-state index contributed by atoms with van der Waals surface area (Å²) in [6.07, 6.45) is 7.39. The van der Waals surface area contributed by atoms with E-state index in [1.807, 2.05) is 6.07 Å². The lowest BCUT2D eigenvalue weighted by molar-refractivity contribution is -0.183. The summed E-state index contributed by atoms with van der Waals surface area (Å²) >= 11 is 0. The predicted molar refractivity (Wildman–Crippen MR) is 100 cm³/mol. The summed E-state index contributed by atoms with van der Waals surface area (Å²) in [4.78, 5) is 11.8. The molecule has 5 nitrogen and oxygen atoms in total. The van der Waals surface area contributed by atoms with Crippen LogP contribution in [0.2, 0.25) is 0 Å². The molecule has 1 amide bonds. The quantitative estimate of drug-likeness (QED) is 0.655. The Morgan fingerprint density at radius 2 is 1.96 bits per heavy atom. The van der Waals surface area contributed by atoms with Gasteiger partial charge in [-0.25, -0.2) is 0 Å². The van der Waals surface area contributed by atoms with Crippen molar-refractivity contribution in [3.8, 4) is 5.75 Å². The first-order valence-corrected chi connectivity index (χ1v) is 10.4. The summed E-state index contributed by atoms with van der Waals surface area (Å²) in [5.74, 6) is 0.734. The van der Waals surface area contributed by atoms with Gasteiger partial charge in [-0.1, -0.05) is 18.9 Å². The zero-order chi connectivity index (χ0) is 19.0. The Labute approximate surface area is 159 Å². The summed E-state index contributed by atoms with van der Waals surface area (Å²) in [6, 6.07) is 3.52. The van der Waals surface area contributed by atoms with E-state index in [1.54, 1.807) is 6.07 Å². The van der Waals surface area contributed by atoms with Crippen molar-refractivity contribution in [3.63, 3.8) is 0 Å². The molecule has 0 aliphatic heterocycles. The van der Waals surface area contributed by atoms with Crippen molar-refractivity contribution >= 4 is 5.91 Å². The van der Waals surface area contributed by atoms with Gasteiger partial charge in [0.15, 0.2) is 0 Å². The van der Waals surface area contributed by atoms with Gasteiger partial charge in [0.2, 0.25) is 0 Å². The van der Waals surface area contributed by atoms with E-state index >= 15 is 0 Å². The first kappa shape index (κ1) is 17.5. The molecule has 3 saturated carbocycles. The van der Waals surface area contributed by atoms with Crippen LogP contribution in [0.4, 0.5) is 0 Å². The average molecular weight is 371 g/mol. The van der Waals surface area contributed by atoms with Crippen molar-refractivity contribution in [2.75, 3.05) is 0 Å². The van der Waals surface area contributed by atoms with Crippen LogP contribution in [0, 0.1) is 17.8 Å². The minimum atomic E-state index is -0.926. The molecule has 1 aromatic carbocycles. The van der Waals surface area contributed by atoms with E-state index < -0.39 is 23.0 Å². The van der Waals surface area contributed by atoms with Gasteiger partial charge in [-0.05, 0) is 74.3 Å². The van der Waals surface area contributed by atoms with E-state index in [4.69, 9.17) is 5.73 Å². The number of nitrogens with two attached hydrogens (primary N) is 1. The van der Waals surface area contributed by atoms with Gasteiger partial charge in [-0.15, -0.1) is 0 Å². The van der Waals surface area contributed by atoms with E-state index in [-0.39, 0.29) is 17.2 Å². The maximum Gasteiger partial charge on any atom is 0.252 e. The van der Waals surface area contributed by atoms with Gasteiger partial charge in [0, 0.05) is 11.0 Å². The number of aliphatic hydroxyl groups excluding tert-OH is 1. The van der Waals surface area contributed by atoms with Crippen LogP contribution in [-0.4, -0.2) is 32.9 Å². The number of hydrogen-bond acceptors (Lipinski definition) is 4. The molecule has 0 spiro atoms. The molecule has 5 heteroatoms. The highest BCUT2D eigenvalue weighted by Crippen LogP contribution is 2.65. The van der Waals surface area contributed by atoms with Crippen molar-refractivity contribution in [1.29, 1.82) is 0 Å². The monoisotopic (exact) mass is 371 g/mol. The normalized spacial score (nSPS) is 40.1. The number of phenols is 1. The fourth-order valence-electron chi connectivity index (χ4n) is 6.80. The number of rotatable bonds is 3. The van der Waals surface area contributed by atoms with E-state index in [1.165, 1.54) is 19.3 Å². The molecule has 0 radical (unpaired) electrons. The first-order chi connectivity index (χ1) is 12.9. The Hall–Kier alpha value is -1.59. The molecule has 0 aromatic heterocycles. The molecule has 146 valence electrons. The van der Waals surface area contributed by atoms with E-state index in [2.05, 4.69) is 0 Å². The molecular weight excluding hydrogens is 342 g/mol. The molecule has 27 heavy (non-hydrogen) atoms. The Morgan fingerprint density at radius 1 is 1.19 bits per heavy atom. The fourth-order valence-corrected chi connectivity index (χ4v) is 6.80. The van der Waals surface area contributed by atoms with Crippen LogP contribution in [0.25, 0.3) is 0 Å². The highest BCUT2D eigenvalue weighted by molar-refractivity contribution is 5.96. The minimum absolute atomic E-state index is 0.0772. The minimum Gasteiger partial charge on any atom is -0.507 e. The van der Waals surface area contributed by atoms with Crippen LogP contribution < -0.4 is 5.73 Å². The topological polar surface area (TPSA) is 104 Å². The van der Waals surface area contributed by atoms with Gasteiger partial charge in [-0.2, -0.15) is 0 Å². The largest absolute Gasteiger partial charge is 0.507 e. The van der Waals surface area contributed by atoms with Gasteiger partial charge >= 0.3 is 0 Å². The molecule has 0 heterocycles. The second-order valence-corrected chi connectivity index (χ2v) is 9.55. The summed E-state index contributed by atoms with van der Waals surface area (Å²) < 4.78 is 0. The number of aromatic hydroxyl groups is 1. The van der Waals surface area contributed by atoms with Crippen molar-refractivity contribution < 1.29 is 20.1 Å². The van der Waals surface area contributed by atoms with Crippen LogP contribution in [-0.2, 0) is 11.8 Å². The Kier molecular flexibility index (Phi) is 3.70. The number of aliphatic hydroxyl groups is 2. The van der Waals surface area contributed by atoms with E-state index in [0.29, 0.717) is 30.7 Å². The third-order valence-corrected chi connectivity index (χ3v) is 8.18. The lowest BCUT2D eigenvalue weighted by Crippen LogP contribution is -2.67. The SMILES string of the molecule is NC(=O)c1ccc2c(c1O)[C@]13CCC(CC4CC4)[C@H](C2)[C@]1(O)CCC(O)C3. The number of amides is 1. The van der Waals surface area contributed by atoms with Gasteiger partial charge < -0.3 is 21.1 Å². The van der Waals surface area contributed by atoms with Gasteiger partial charge in [0.1, 0.15) is 5.75 Å². The van der Waals surface area contributed by atoms with Crippen molar-refractivity contribution in [1.82, 2.24) is 0 Å². The van der Waals surface area contributed by atoms with Crippen LogP contribution >= 0.6 is 0 Å². The molecule has 0 saturated heterocycles. The number of fused-ring (bicyclic) bond motifs is 1. The summed E-state index contributed by atoms with van der Waals surface area (Å²) in [7, 11) is 0. The second-order valence-electron chi connectivity index (χ2n) is 9.55. The Bertz CT molecular complexity index is 804. The van der Waals surface area contributed by atoms with E-state index in [0.717, 1.165) is 30.7 Å². The molecule has 2 unspecified atom stereocenters. The number of primary amides is 1. The maximum absolute atomic E-state index is 12.0. The molecule has 5 atom stereocenters. The number of benzene rings is 1. The number of hydrogen-bond donors (Lipinski definition) is 4. The smallest absolute Gasteiger partial charge is 0.252 e. The summed E-state index contributed by atoms with van der Waals surface area (Å²) in [5, 5.41) is 33.5. The average Bonchev–Trinajstić information content (AvgIpc) is 3.42. The Morgan fingerprint density at radius 3 is 2.67 bits per heavy atom. The standard InChI is InChI=1S/C22H29NO4/c23-20(26)16-4-3-14-10-17-13(9-12-1-2-12)5-7-21(18(14)19(16)25)11-15(24)6-8-22(17,21)27/h3-4,12-13,15,17,24-25,27H,1-2,5-11H2,(H2,23,26)/t13?,15?,17-,21+,22+/m0/s1. The van der Waals surface area contributed by atoms with Crippen molar-refractivity contribution in [2.24, 2.45) is 23.5 Å². The molecule has 5 rings (SSSR count). The Balaban J connectivity index is 1.68. The van der Waals surface area contributed by atoms with Crippen molar-refractivity contribution in [3.05, 3.63) is 28.8 Å². The molecular formula is C22H29NO4. The first-order valence-electron chi connectivity index (χ1n) is 10.4. The van der Waals surface area contributed by atoms with Crippen LogP contribution in [0.5, 0.6) is 5.75 Å². The number of carbonyl (C=O) groups is 1. The molecule has 1 aromatic rings. The molecule has 2 bridgehead atoms. The summed E-state index contributed by atoms with van der Waals surface area (Å²) in [6.45, 7) is 0. The van der Waals surface area contributed by atoms with Crippen molar-refractivity contribution in [2.45, 2.75) is 74.9 Å². The maximum atomic E-state index is 12.0. The van der Waals surface area contributed by atoms with Crippen LogP contribution in [0.15, 0.2) is 12.1 Å². The molecule has 4 aliphatic carbocycles. The highest BCUT2D eigenvalue weighted by Gasteiger charge is 2.65. The van der Waals surface area contributed by atoms with E-state index in [9.17, 15) is 20.1 Å². The highest BCUT2D eigenvalue weighted by atomic mass is 16.3. The molecule has 4 aliphatic rings. The zero-order valence-electron chi connectivity index (χ0n) is 15.7. The fraction of sp³-hybridized carbons (Fsp3) is 0.682.